The quantitative estimate of drug-likeness (QED) is 0.168. The van der Waals surface area contributed by atoms with Gasteiger partial charge in [-0.25, -0.2) is 0 Å². The molecule has 0 saturated carbocycles. The Balaban J connectivity index is 1.19. The van der Waals surface area contributed by atoms with E-state index in [-0.39, 0.29) is 16.2 Å². The summed E-state index contributed by atoms with van der Waals surface area (Å²) < 4.78 is 2.62. The maximum atomic E-state index is 3.98. The van der Waals surface area contributed by atoms with Gasteiger partial charge in [0, 0.05) is 48.5 Å². The molecule has 2 nitrogen and oxygen atoms in total. The third kappa shape index (κ3) is 7.18. The highest BCUT2D eigenvalue weighted by Gasteiger charge is 2.40. The van der Waals surface area contributed by atoms with Crippen molar-refractivity contribution in [1.82, 2.24) is 0 Å². The minimum atomic E-state index is 0.0386. The average Bonchev–Trinajstić information content (AvgIpc) is 3.68. The van der Waals surface area contributed by atoms with Gasteiger partial charge in [0.05, 0.1) is 5.69 Å². The summed E-state index contributed by atoms with van der Waals surface area (Å²) in [5.74, 6) is 0. The molecule has 0 fully saturated rings. The van der Waals surface area contributed by atoms with Gasteiger partial charge in [0.25, 0.3) is 0 Å². The van der Waals surface area contributed by atoms with E-state index in [0.717, 1.165) is 18.7 Å². The number of aryl methyl sites for hydroxylation is 1. The Morgan fingerprint density at radius 1 is 0.569 bits per heavy atom. The van der Waals surface area contributed by atoms with E-state index in [4.69, 9.17) is 0 Å². The lowest BCUT2D eigenvalue weighted by Crippen LogP contribution is -2.44. The Bertz CT molecular complexity index is 3300. The van der Waals surface area contributed by atoms with Crippen LogP contribution < -0.4 is 21.1 Å². The van der Waals surface area contributed by atoms with E-state index >= 15 is 0 Å². The third-order valence-corrected chi connectivity index (χ3v) is 15.7. The van der Waals surface area contributed by atoms with E-state index in [1.54, 1.807) is 0 Å². The average molecular weight is 861 g/mol. The largest absolute Gasteiger partial charge is 0.355 e. The van der Waals surface area contributed by atoms with Crippen LogP contribution in [0, 0.1) is 6.92 Å². The number of nitrogens with one attached hydrogen (secondary N) is 1. The first-order valence-electron chi connectivity index (χ1n) is 23.4. The summed E-state index contributed by atoms with van der Waals surface area (Å²) in [6, 6.07) is 61.4. The number of hydrogen-bond donors (Lipinski definition) is 1. The lowest BCUT2D eigenvalue weighted by atomic mass is 9.55. The van der Waals surface area contributed by atoms with Crippen molar-refractivity contribution in [3.05, 3.63) is 186 Å². The van der Waals surface area contributed by atoms with Crippen molar-refractivity contribution >= 4 is 78.2 Å². The third-order valence-electron chi connectivity index (χ3n) is 14.6. The fourth-order valence-electron chi connectivity index (χ4n) is 10.7. The summed E-state index contributed by atoms with van der Waals surface area (Å²) in [7, 11) is 0.838. The first-order valence-corrected chi connectivity index (χ1v) is 24.2. The van der Waals surface area contributed by atoms with E-state index in [1.807, 2.05) is 11.3 Å². The van der Waals surface area contributed by atoms with Crippen molar-refractivity contribution < 1.29 is 0 Å². The first kappa shape index (κ1) is 41.4. The molecule has 9 aromatic rings. The molecule has 2 heterocycles. The molecule has 0 spiro atoms. The molecule has 1 aromatic heterocycles. The van der Waals surface area contributed by atoms with Gasteiger partial charge in [-0.1, -0.05) is 175 Å². The van der Waals surface area contributed by atoms with Crippen LogP contribution in [0.1, 0.15) is 83.6 Å². The fourth-order valence-corrected chi connectivity index (χ4v) is 11.9. The van der Waals surface area contributed by atoms with Gasteiger partial charge in [-0.3, -0.25) is 0 Å². The molecule has 0 bridgehead atoms. The SMILES string of the molecule is Cc1cc(C(C)(C)C)ccc1N1c2cc3c(cc2Bc2c(-c4ccc(-c5ccccc5)cc4Nc4ccc(-c5ccccc5)cc4)cc4sc5ccccc5c4c21)C(C)(C)CCC3(C)C. The van der Waals surface area contributed by atoms with Crippen LogP contribution in [0.5, 0.6) is 0 Å². The summed E-state index contributed by atoms with van der Waals surface area (Å²) >= 11 is 1.92. The van der Waals surface area contributed by atoms with Gasteiger partial charge in [-0.15, -0.1) is 11.3 Å². The zero-order valence-corrected chi connectivity index (χ0v) is 39.9. The highest BCUT2D eigenvalue weighted by molar-refractivity contribution is 7.26. The zero-order chi connectivity index (χ0) is 44.8. The second-order valence-electron chi connectivity index (χ2n) is 21.0. The number of benzene rings is 8. The van der Waals surface area contributed by atoms with Crippen molar-refractivity contribution in [2.45, 2.75) is 84.5 Å². The van der Waals surface area contributed by atoms with Gasteiger partial charge in [0.15, 0.2) is 7.28 Å². The number of anilines is 5. The molecule has 11 rings (SSSR count). The molecule has 4 heteroatoms. The molecule has 0 atom stereocenters. The van der Waals surface area contributed by atoms with Crippen molar-refractivity contribution in [3.8, 4) is 33.4 Å². The van der Waals surface area contributed by atoms with E-state index in [0.29, 0.717) is 0 Å². The minimum Gasteiger partial charge on any atom is -0.355 e. The smallest absolute Gasteiger partial charge is 0.198 e. The van der Waals surface area contributed by atoms with Crippen LogP contribution in [0.15, 0.2) is 164 Å². The second-order valence-corrected chi connectivity index (χ2v) is 22.1. The van der Waals surface area contributed by atoms with Crippen LogP contribution in [0.3, 0.4) is 0 Å². The summed E-state index contributed by atoms with van der Waals surface area (Å²) in [4.78, 5) is 2.69. The van der Waals surface area contributed by atoms with E-state index in [2.05, 4.69) is 229 Å². The first-order chi connectivity index (χ1) is 31.2. The number of rotatable bonds is 6. The lowest BCUT2D eigenvalue weighted by molar-refractivity contribution is 0.332. The molecule has 0 saturated heterocycles. The fraction of sp³-hybridized carbons (Fsp3) is 0.213. The van der Waals surface area contributed by atoms with E-state index in [9.17, 15) is 0 Å². The molecule has 1 N–H and O–H groups in total. The molecule has 320 valence electrons. The van der Waals surface area contributed by atoms with Crippen LogP contribution >= 0.6 is 11.3 Å². The van der Waals surface area contributed by atoms with Crippen molar-refractivity contribution in [2.75, 3.05) is 10.2 Å². The zero-order valence-electron chi connectivity index (χ0n) is 39.1. The number of fused-ring (bicyclic) bond motifs is 7. The molecule has 1 aliphatic heterocycles. The molecule has 2 aliphatic rings. The van der Waals surface area contributed by atoms with Crippen LogP contribution in [0.2, 0.25) is 0 Å². The maximum absolute atomic E-state index is 3.98. The Kier molecular flexibility index (Phi) is 9.79. The lowest BCUT2D eigenvalue weighted by Gasteiger charge is -2.44. The van der Waals surface area contributed by atoms with Crippen molar-refractivity contribution in [1.29, 1.82) is 0 Å². The Hall–Kier alpha value is -6.36. The second kappa shape index (κ2) is 15.4. The molecular formula is C61H57BN2S. The Morgan fingerprint density at radius 3 is 1.86 bits per heavy atom. The molecular weight excluding hydrogens is 804 g/mol. The van der Waals surface area contributed by atoms with Gasteiger partial charge in [-0.05, 0) is 134 Å². The highest BCUT2D eigenvalue weighted by atomic mass is 32.1. The van der Waals surface area contributed by atoms with Gasteiger partial charge >= 0.3 is 0 Å². The summed E-state index contributed by atoms with van der Waals surface area (Å²) in [5.41, 5.74) is 21.9. The number of hydrogen-bond acceptors (Lipinski definition) is 3. The molecule has 0 unspecified atom stereocenters. The van der Waals surface area contributed by atoms with Crippen LogP contribution in [-0.4, -0.2) is 7.28 Å². The minimum absolute atomic E-state index is 0.0386. The van der Waals surface area contributed by atoms with Gasteiger partial charge < -0.3 is 10.2 Å². The molecule has 8 aromatic carbocycles. The van der Waals surface area contributed by atoms with Crippen LogP contribution in [0.4, 0.5) is 28.4 Å². The number of nitrogens with zero attached hydrogens (tertiary/aromatic N) is 1. The molecule has 0 radical (unpaired) electrons. The standard InChI is InChI=1S/C61H57BN2S/c1-38-33-43(59(2,3)4)26-30-52(38)64-53-37-49-48(60(5,6)31-32-61(49,7)8)36-50(53)62-57-47(35-55-56(58(57)64)46-21-15-16-22-54(46)65-55)45-29-25-42(40-19-13-10-14-20-40)34-51(45)63-44-27-23-41(24-28-44)39-17-11-9-12-18-39/h9-30,33-37,62-63H,31-32H2,1-8H3. The highest BCUT2D eigenvalue weighted by Crippen LogP contribution is 2.52. The predicted molar refractivity (Wildman–Crippen MR) is 285 cm³/mol. The van der Waals surface area contributed by atoms with Crippen molar-refractivity contribution in [2.24, 2.45) is 0 Å². The van der Waals surface area contributed by atoms with Gasteiger partial charge in [0.1, 0.15) is 0 Å². The van der Waals surface area contributed by atoms with E-state index in [1.165, 1.54) is 117 Å². The van der Waals surface area contributed by atoms with Gasteiger partial charge in [0.2, 0.25) is 0 Å². The van der Waals surface area contributed by atoms with Crippen molar-refractivity contribution in [3.63, 3.8) is 0 Å². The summed E-state index contributed by atoms with van der Waals surface area (Å²) in [6.45, 7) is 19.1. The van der Waals surface area contributed by atoms with Gasteiger partial charge in [-0.2, -0.15) is 0 Å². The van der Waals surface area contributed by atoms with Crippen LogP contribution in [-0.2, 0) is 16.2 Å². The predicted octanol–water partition coefficient (Wildman–Crippen LogP) is 15.9. The summed E-state index contributed by atoms with van der Waals surface area (Å²) in [6.07, 6.45) is 2.36. The monoisotopic (exact) mass is 860 g/mol. The number of thiophene rings is 1. The topological polar surface area (TPSA) is 15.3 Å². The Labute approximate surface area is 390 Å². The summed E-state index contributed by atoms with van der Waals surface area (Å²) in [5, 5.41) is 6.65. The molecule has 0 amide bonds. The normalized spacial score (nSPS) is 15.0. The molecule has 1 aliphatic carbocycles. The Morgan fingerprint density at radius 2 is 1.18 bits per heavy atom. The van der Waals surface area contributed by atoms with E-state index < -0.39 is 0 Å². The maximum Gasteiger partial charge on any atom is 0.198 e. The van der Waals surface area contributed by atoms with Crippen LogP contribution in [0.25, 0.3) is 53.6 Å². The molecule has 65 heavy (non-hydrogen) atoms.